The quantitative estimate of drug-likeness (QED) is 0.0240. The van der Waals surface area contributed by atoms with Crippen molar-refractivity contribution in [3.8, 4) is 0 Å². The molecule has 10 heteroatoms. The van der Waals surface area contributed by atoms with Gasteiger partial charge in [-0.25, -0.2) is 0 Å². The van der Waals surface area contributed by atoms with Gasteiger partial charge in [-0.2, -0.15) is 0 Å². The van der Waals surface area contributed by atoms with Crippen LogP contribution in [0.4, 0.5) is 0 Å². The molecule has 1 amide bonds. The highest BCUT2D eigenvalue weighted by molar-refractivity contribution is 7.45. The first-order chi connectivity index (χ1) is 34.4. The number of unbranched alkanes of at least 4 members (excludes halogenated alkanes) is 12. The van der Waals surface area contributed by atoms with E-state index in [0.29, 0.717) is 30.3 Å². The smallest absolute Gasteiger partial charge is 0.268 e. The lowest BCUT2D eigenvalue weighted by molar-refractivity contribution is -0.870. The maximum Gasteiger partial charge on any atom is 0.268 e. The number of nitrogens with one attached hydrogen (secondary N) is 1. The summed E-state index contributed by atoms with van der Waals surface area (Å²) in [5.74, 6) is -0.311. The molecule has 0 aromatic heterocycles. The Labute approximate surface area is 435 Å². The van der Waals surface area contributed by atoms with Crippen molar-refractivity contribution in [1.29, 1.82) is 0 Å². The number of nitrogens with zero attached hydrogens (tertiary/aromatic N) is 1. The molecular weight excluding hydrogens is 904 g/mol. The van der Waals surface area contributed by atoms with Gasteiger partial charge in [-0.15, -0.1) is 0 Å². The van der Waals surface area contributed by atoms with Gasteiger partial charge in [-0.1, -0.05) is 192 Å². The van der Waals surface area contributed by atoms with Crippen molar-refractivity contribution in [2.24, 2.45) is 0 Å². The fourth-order valence-corrected chi connectivity index (χ4v) is 7.81. The molecule has 0 saturated heterocycles. The predicted molar refractivity (Wildman–Crippen MR) is 303 cm³/mol. The predicted octanol–water partition coefficient (Wildman–Crippen LogP) is 15.1. The summed E-state index contributed by atoms with van der Waals surface area (Å²) in [6.07, 6.45) is 72.3. The summed E-state index contributed by atoms with van der Waals surface area (Å²) in [5.41, 5.74) is 0. The van der Waals surface area contributed by atoms with Gasteiger partial charge in [-0.05, 0) is 122 Å². The first-order valence-corrected chi connectivity index (χ1v) is 29.1. The van der Waals surface area contributed by atoms with Crippen LogP contribution in [0.25, 0.3) is 0 Å². The molecule has 0 aliphatic carbocycles. The van der Waals surface area contributed by atoms with E-state index in [2.05, 4.69) is 153 Å². The zero-order chi connectivity index (χ0) is 52.2. The Morgan fingerprint density at radius 2 is 0.901 bits per heavy atom. The number of rotatable bonds is 48. The number of hydrogen-bond acceptors (Lipinski definition) is 7. The number of amides is 1. The van der Waals surface area contributed by atoms with Gasteiger partial charge >= 0.3 is 0 Å². The lowest BCUT2D eigenvalue weighted by Gasteiger charge is -2.31. The van der Waals surface area contributed by atoms with Crippen LogP contribution in [0.2, 0.25) is 0 Å². The molecule has 71 heavy (non-hydrogen) atoms. The first-order valence-electron chi connectivity index (χ1n) is 27.6. The third-order valence-corrected chi connectivity index (χ3v) is 12.4. The number of phosphoric acid groups is 1. The number of carbonyl (C=O) groups is 1. The highest BCUT2D eigenvalue weighted by atomic mass is 31.2. The third-order valence-electron chi connectivity index (χ3n) is 11.4. The summed E-state index contributed by atoms with van der Waals surface area (Å²) in [4.78, 5) is 25.5. The summed E-state index contributed by atoms with van der Waals surface area (Å²) >= 11 is 0. The SMILES string of the molecule is CC/C=C\C/C=C\C/C=C\C/C=C\C/C=C\C/C=C\C/C=C\C/C=C\C/C=C\CCCCCCCCCC(=O)NC(COP(=O)([O-])OCC[N+](C)(C)C)C(O)C(O)CCC/C=C/CC/C=C/CCCCC. The van der Waals surface area contributed by atoms with Crippen LogP contribution in [0.15, 0.2) is 134 Å². The minimum atomic E-state index is -4.69. The number of quaternary nitrogens is 1. The molecule has 9 nitrogen and oxygen atoms in total. The Morgan fingerprint density at radius 1 is 0.521 bits per heavy atom. The Hall–Kier alpha value is -3.40. The van der Waals surface area contributed by atoms with Crippen LogP contribution in [-0.4, -0.2) is 79.8 Å². The zero-order valence-corrected chi connectivity index (χ0v) is 46.4. The largest absolute Gasteiger partial charge is 0.756 e. The normalized spacial score (nSPS) is 15.4. The standard InChI is InChI=1S/C61H103N2O7P/c1-6-8-10-12-14-16-18-20-21-22-23-24-25-26-27-28-29-30-31-32-33-34-35-36-37-38-39-40-41-42-44-46-48-50-52-54-60(65)62-58(57-70-71(67,68)69-56-55-63(3,4)5)61(66)59(64)53-51-49-47-45-43-19-17-15-13-11-9-7-2/h8,10,14-17,20-21,23-24,26-27,29-30,32-33,35-36,38-39,45,47,58-59,61,64,66H,6-7,9,11-13,18-19,22,25,28,31,34,37,40-44,46,48-57H2,1-5H3,(H-,62,65,67,68)/b10-8-,16-14-,17-15+,21-20-,24-23-,27-26-,30-29-,33-32-,36-35-,39-38-,47-45+. The van der Waals surface area contributed by atoms with Crippen LogP contribution in [0.3, 0.4) is 0 Å². The summed E-state index contributed by atoms with van der Waals surface area (Å²) in [6, 6.07) is -1.11. The van der Waals surface area contributed by atoms with Gasteiger partial charge in [0.05, 0.1) is 39.9 Å². The van der Waals surface area contributed by atoms with Gasteiger partial charge in [0.1, 0.15) is 19.3 Å². The number of hydrogen-bond donors (Lipinski definition) is 3. The second-order valence-electron chi connectivity index (χ2n) is 19.3. The molecule has 0 aliphatic rings. The highest BCUT2D eigenvalue weighted by Gasteiger charge is 2.29. The van der Waals surface area contributed by atoms with Gasteiger partial charge in [0.15, 0.2) is 0 Å². The van der Waals surface area contributed by atoms with Crippen LogP contribution in [0.1, 0.15) is 187 Å². The van der Waals surface area contributed by atoms with Crippen molar-refractivity contribution >= 4 is 13.7 Å². The Balaban J connectivity index is 4.29. The highest BCUT2D eigenvalue weighted by Crippen LogP contribution is 2.38. The fourth-order valence-electron chi connectivity index (χ4n) is 7.08. The van der Waals surface area contributed by atoms with Crippen LogP contribution >= 0.6 is 7.82 Å². The Kier molecular flexibility index (Phi) is 47.7. The van der Waals surface area contributed by atoms with E-state index < -0.39 is 32.7 Å². The Morgan fingerprint density at radius 3 is 1.35 bits per heavy atom. The van der Waals surface area contributed by atoms with Crippen molar-refractivity contribution < 1.29 is 38.0 Å². The summed E-state index contributed by atoms with van der Waals surface area (Å²) < 4.78 is 23.2. The number of carbonyl (C=O) groups excluding carboxylic acids is 1. The van der Waals surface area contributed by atoms with Crippen molar-refractivity contribution in [3.05, 3.63) is 134 Å². The topological polar surface area (TPSA) is 128 Å². The molecule has 0 aromatic rings. The minimum Gasteiger partial charge on any atom is -0.756 e. The van der Waals surface area contributed by atoms with Crippen LogP contribution in [0, 0.1) is 0 Å². The molecule has 0 saturated carbocycles. The van der Waals surface area contributed by atoms with E-state index in [-0.39, 0.29) is 18.9 Å². The fraction of sp³-hybridized carbons (Fsp3) is 0.623. The Bertz CT molecular complexity index is 1630. The summed E-state index contributed by atoms with van der Waals surface area (Å²) in [7, 11) is 1.07. The summed E-state index contributed by atoms with van der Waals surface area (Å²) in [6.45, 7) is 4.23. The molecule has 4 unspecified atom stereocenters. The maximum atomic E-state index is 13.0. The van der Waals surface area contributed by atoms with Crippen molar-refractivity contribution in [2.75, 3.05) is 40.9 Å². The zero-order valence-electron chi connectivity index (χ0n) is 45.5. The average molecular weight is 1010 g/mol. The van der Waals surface area contributed by atoms with Crippen LogP contribution in [-0.2, 0) is 18.4 Å². The van der Waals surface area contributed by atoms with E-state index in [4.69, 9.17) is 9.05 Å². The van der Waals surface area contributed by atoms with E-state index in [1.54, 1.807) is 0 Å². The number of aliphatic hydroxyl groups excluding tert-OH is 2. The van der Waals surface area contributed by atoms with Crippen molar-refractivity contribution in [1.82, 2.24) is 5.32 Å². The maximum absolute atomic E-state index is 13.0. The number of likely N-dealkylation sites (N-methyl/N-ethyl adjacent to an activating group) is 1. The number of phosphoric ester groups is 1. The second-order valence-corrected chi connectivity index (χ2v) is 20.7. The lowest BCUT2D eigenvalue weighted by atomic mass is 10.0. The van der Waals surface area contributed by atoms with E-state index in [1.807, 2.05) is 21.1 Å². The molecule has 3 N–H and O–H groups in total. The third kappa shape index (κ3) is 51.3. The summed E-state index contributed by atoms with van der Waals surface area (Å²) in [5, 5.41) is 24.6. The molecular formula is C61H103N2O7P. The molecule has 0 bridgehead atoms. The molecule has 4 atom stereocenters. The molecule has 0 spiro atoms. The molecule has 0 aromatic carbocycles. The first kappa shape index (κ1) is 67.6. The second kappa shape index (κ2) is 50.1. The van der Waals surface area contributed by atoms with Gasteiger partial charge < -0.3 is 34.0 Å². The van der Waals surface area contributed by atoms with E-state index in [0.717, 1.165) is 116 Å². The van der Waals surface area contributed by atoms with E-state index in [9.17, 15) is 24.5 Å². The molecule has 0 radical (unpaired) electrons. The molecule has 0 rings (SSSR count). The average Bonchev–Trinajstić information content (AvgIpc) is 3.33. The molecule has 0 fully saturated rings. The molecule has 0 aliphatic heterocycles. The van der Waals surface area contributed by atoms with Gasteiger partial charge in [0, 0.05) is 6.42 Å². The van der Waals surface area contributed by atoms with E-state index >= 15 is 0 Å². The van der Waals surface area contributed by atoms with Gasteiger partial charge in [-0.3, -0.25) is 9.36 Å². The van der Waals surface area contributed by atoms with Crippen molar-refractivity contribution in [2.45, 2.75) is 205 Å². The monoisotopic (exact) mass is 1010 g/mol. The van der Waals surface area contributed by atoms with E-state index in [1.165, 1.54) is 32.1 Å². The number of aliphatic hydroxyl groups is 2. The molecule has 404 valence electrons. The van der Waals surface area contributed by atoms with Crippen LogP contribution in [0.5, 0.6) is 0 Å². The van der Waals surface area contributed by atoms with Crippen molar-refractivity contribution in [3.63, 3.8) is 0 Å². The number of allylic oxidation sites excluding steroid dienone is 22. The lowest BCUT2D eigenvalue weighted by Crippen LogP contribution is -2.51. The minimum absolute atomic E-state index is 0.0586. The van der Waals surface area contributed by atoms with Gasteiger partial charge in [0.2, 0.25) is 5.91 Å². The van der Waals surface area contributed by atoms with Gasteiger partial charge in [0.25, 0.3) is 7.82 Å². The molecule has 0 heterocycles. The van der Waals surface area contributed by atoms with Crippen LogP contribution < -0.4 is 10.2 Å².